The van der Waals surface area contributed by atoms with Gasteiger partial charge in [0.1, 0.15) is 16.3 Å². The number of hydrogen-bond acceptors (Lipinski definition) is 8. The van der Waals surface area contributed by atoms with Crippen molar-refractivity contribution in [3.8, 4) is 28.4 Å². The van der Waals surface area contributed by atoms with Gasteiger partial charge in [0, 0.05) is 30.0 Å². The zero-order chi connectivity index (χ0) is 24.0. The molecule has 1 N–H and O–H groups in total. The number of aryl methyl sites for hydroxylation is 1. The Balaban J connectivity index is 1.97. The number of nitrogens with one attached hydrogen (secondary N) is 1. The molecular formula is C25H27NO6S. The summed E-state index contributed by atoms with van der Waals surface area (Å²) in [5, 5.41) is 5.87. The lowest BCUT2D eigenvalue weighted by Crippen LogP contribution is -2.10. The van der Waals surface area contributed by atoms with Crippen molar-refractivity contribution < 1.29 is 28.5 Å². The molecule has 33 heavy (non-hydrogen) atoms. The number of rotatable bonds is 9. The van der Waals surface area contributed by atoms with E-state index in [1.165, 1.54) is 18.3 Å². The van der Waals surface area contributed by atoms with Crippen LogP contribution in [0.2, 0.25) is 0 Å². The average molecular weight is 470 g/mol. The second-order valence-electron chi connectivity index (χ2n) is 7.20. The molecule has 2 aromatic carbocycles. The van der Waals surface area contributed by atoms with Gasteiger partial charge in [-0.05, 0) is 43.2 Å². The van der Waals surface area contributed by atoms with Crippen molar-refractivity contribution in [2.75, 3.05) is 26.1 Å². The number of benzene rings is 2. The number of carbonyl (C=O) groups is 2. The molecule has 0 spiro atoms. The standard InChI is InChI=1S/C25H27NO6S/c1-6-31-25(28)23-19(17-9-10-20(29-4)22(12-17)30-5)14-33-24(23)26-13-18-8-7-15(2)11-21(18)32-16(3)27/h7-12,14,26H,6,13H2,1-5H3. The molecule has 1 heterocycles. The van der Waals surface area contributed by atoms with Crippen LogP contribution in [-0.4, -0.2) is 32.8 Å². The van der Waals surface area contributed by atoms with Crippen LogP contribution in [0.5, 0.6) is 17.2 Å². The molecule has 0 radical (unpaired) electrons. The minimum absolute atomic E-state index is 0.258. The lowest BCUT2D eigenvalue weighted by Gasteiger charge is -2.13. The van der Waals surface area contributed by atoms with Gasteiger partial charge >= 0.3 is 11.9 Å². The molecule has 1 aromatic heterocycles. The minimum Gasteiger partial charge on any atom is -0.493 e. The highest BCUT2D eigenvalue weighted by Crippen LogP contribution is 2.40. The van der Waals surface area contributed by atoms with Crippen molar-refractivity contribution in [1.29, 1.82) is 0 Å². The number of carbonyl (C=O) groups excluding carboxylic acids is 2. The summed E-state index contributed by atoms with van der Waals surface area (Å²) < 4.78 is 21.4. The van der Waals surface area contributed by atoms with Gasteiger partial charge in [0.05, 0.1) is 20.8 Å². The van der Waals surface area contributed by atoms with Gasteiger partial charge in [-0.3, -0.25) is 4.79 Å². The molecule has 3 rings (SSSR count). The third-order valence-corrected chi connectivity index (χ3v) is 5.82. The van der Waals surface area contributed by atoms with Crippen LogP contribution in [0.1, 0.15) is 35.3 Å². The maximum atomic E-state index is 12.9. The van der Waals surface area contributed by atoms with E-state index in [-0.39, 0.29) is 12.6 Å². The van der Waals surface area contributed by atoms with Gasteiger partial charge in [0.25, 0.3) is 0 Å². The topological polar surface area (TPSA) is 83.1 Å². The summed E-state index contributed by atoms with van der Waals surface area (Å²) in [4.78, 5) is 24.4. The van der Waals surface area contributed by atoms with Crippen molar-refractivity contribution in [2.45, 2.75) is 27.3 Å². The Morgan fingerprint density at radius 2 is 1.76 bits per heavy atom. The van der Waals surface area contributed by atoms with Crippen LogP contribution in [0.25, 0.3) is 11.1 Å². The van der Waals surface area contributed by atoms with Gasteiger partial charge in [0.2, 0.25) is 0 Å². The fourth-order valence-corrected chi connectivity index (χ4v) is 4.30. The number of methoxy groups -OCH3 is 2. The highest BCUT2D eigenvalue weighted by molar-refractivity contribution is 7.15. The van der Waals surface area contributed by atoms with Crippen LogP contribution < -0.4 is 19.5 Å². The summed E-state index contributed by atoms with van der Waals surface area (Å²) >= 11 is 1.40. The van der Waals surface area contributed by atoms with Crippen LogP contribution in [0.15, 0.2) is 41.8 Å². The van der Waals surface area contributed by atoms with E-state index in [0.717, 1.165) is 22.3 Å². The van der Waals surface area contributed by atoms with Crippen LogP contribution in [0.4, 0.5) is 5.00 Å². The molecule has 0 bridgehead atoms. The fourth-order valence-electron chi connectivity index (χ4n) is 3.34. The molecule has 0 fully saturated rings. The zero-order valence-corrected chi connectivity index (χ0v) is 20.1. The number of ether oxygens (including phenoxy) is 4. The molecule has 0 unspecified atom stereocenters. The van der Waals surface area contributed by atoms with E-state index in [4.69, 9.17) is 18.9 Å². The second-order valence-corrected chi connectivity index (χ2v) is 8.08. The monoisotopic (exact) mass is 469 g/mol. The molecule has 0 aliphatic carbocycles. The molecule has 8 heteroatoms. The summed E-state index contributed by atoms with van der Waals surface area (Å²) in [6.07, 6.45) is 0. The van der Waals surface area contributed by atoms with E-state index < -0.39 is 5.97 Å². The molecular weight excluding hydrogens is 442 g/mol. The maximum Gasteiger partial charge on any atom is 0.341 e. The van der Waals surface area contributed by atoms with E-state index in [2.05, 4.69) is 5.32 Å². The molecule has 0 atom stereocenters. The Morgan fingerprint density at radius 3 is 2.42 bits per heavy atom. The van der Waals surface area contributed by atoms with Crippen LogP contribution >= 0.6 is 11.3 Å². The maximum absolute atomic E-state index is 12.9. The van der Waals surface area contributed by atoms with Gasteiger partial charge in [-0.2, -0.15) is 0 Å². The predicted molar refractivity (Wildman–Crippen MR) is 129 cm³/mol. The molecule has 7 nitrogen and oxygen atoms in total. The molecule has 0 aliphatic rings. The molecule has 174 valence electrons. The first-order valence-corrected chi connectivity index (χ1v) is 11.3. The predicted octanol–water partition coefficient (Wildman–Crippen LogP) is 5.45. The third-order valence-electron chi connectivity index (χ3n) is 4.88. The van der Waals surface area contributed by atoms with Crippen LogP contribution in [0.3, 0.4) is 0 Å². The molecule has 0 saturated heterocycles. The molecule has 0 amide bonds. The minimum atomic E-state index is -0.421. The largest absolute Gasteiger partial charge is 0.493 e. The van der Waals surface area contributed by atoms with E-state index in [0.29, 0.717) is 34.4 Å². The molecule has 0 saturated carbocycles. The summed E-state index contributed by atoms with van der Waals surface area (Å²) in [7, 11) is 3.14. The Hall–Kier alpha value is -3.52. The Bertz CT molecular complexity index is 1150. The van der Waals surface area contributed by atoms with Crippen molar-refractivity contribution in [3.63, 3.8) is 0 Å². The number of esters is 2. The highest BCUT2D eigenvalue weighted by Gasteiger charge is 2.22. The third kappa shape index (κ3) is 5.64. The van der Waals surface area contributed by atoms with Crippen molar-refractivity contribution >= 4 is 28.3 Å². The Morgan fingerprint density at radius 1 is 1.00 bits per heavy atom. The Kier molecular flexibility index (Phi) is 7.95. The lowest BCUT2D eigenvalue weighted by molar-refractivity contribution is -0.131. The van der Waals surface area contributed by atoms with Gasteiger partial charge in [-0.15, -0.1) is 11.3 Å². The summed E-state index contributed by atoms with van der Waals surface area (Å²) in [5.74, 6) is 0.849. The number of anilines is 1. The van der Waals surface area contributed by atoms with E-state index in [1.54, 1.807) is 27.2 Å². The van der Waals surface area contributed by atoms with Crippen molar-refractivity contribution in [1.82, 2.24) is 0 Å². The van der Waals surface area contributed by atoms with E-state index in [9.17, 15) is 9.59 Å². The van der Waals surface area contributed by atoms with Gasteiger partial charge in [0.15, 0.2) is 11.5 Å². The van der Waals surface area contributed by atoms with Crippen LogP contribution in [0, 0.1) is 6.92 Å². The fraction of sp³-hybridized carbons (Fsp3) is 0.280. The van der Waals surface area contributed by atoms with Gasteiger partial charge < -0.3 is 24.3 Å². The van der Waals surface area contributed by atoms with Gasteiger partial charge in [-0.25, -0.2) is 4.79 Å². The Labute approximate surface area is 197 Å². The molecule has 0 aliphatic heterocycles. The van der Waals surface area contributed by atoms with E-state index in [1.807, 2.05) is 42.6 Å². The molecule has 3 aromatic rings. The second kappa shape index (κ2) is 10.9. The average Bonchev–Trinajstić information content (AvgIpc) is 3.22. The first-order valence-electron chi connectivity index (χ1n) is 10.4. The highest BCUT2D eigenvalue weighted by atomic mass is 32.1. The van der Waals surface area contributed by atoms with Gasteiger partial charge in [-0.1, -0.05) is 18.2 Å². The van der Waals surface area contributed by atoms with Crippen LogP contribution in [-0.2, 0) is 16.1 Å². The lowest BCUT2D eigenvalue weighted by atomic mass is 10.0. The summed E-state index contributed by atoms with van der Waals surface area (Å²) in [6.45, 7) is 5.69. The van der Waals surface area contributed by atoms with Crippen molar-refractivity contribution in [3.05, 3.63) is 58.5 Å². The van der Waals surface area contributed by atoms with E-state index >= 15 is 0 Å². The summed E-state index contributed by atoms with van der Waals surface area (Å²) in [6, 6.07) is 11.1. The van der Waals surface area contributed by atoms with Crippen molar-refractivity contribution in [2.24, 2.45) is 0 Å². The number of thiophene rings is 1. The normalized spacial score (nSPS) is 10.5. The first kappa shape index (κ1) is 24.1. The smallest absolute Gasteiger partial charge is 0.341 e. The number of hydrogen-bond donors (Lipinski definition) is 1. The zero-order valence-electron chi connectivity index (χ0n) is 19.3. The SMILES string of the molecule is CCOC(=O)c1c(-c2ccc(OC)c(OC)c2)csc1NCc1ccc(C)cc1OC(C)=O. The quantitative estimate of drug-likeness (QED) is 0.329. The summed E-state index contributed by atoms with van der Waals surface area (Å²) in [5.41, 5.74) is 3.75. The first-order chi connectivity index (χ1) is 15.9.